The van der Waals surface area contributed by atoms with Gasteiger partial charge in [-0.05, 0) is 42.7 Å². The number of nitrogens with one attached hydrogen (secondary N) is 1. The molecule has 2 atom stereocenters. The lowest BCUT2D eigenvalue weighted by molar-refractivity contribution is -0.155. The fourth-order valence-electron chi connectivity index (χ4n) is 4.18. The predicted octanol–water partition coefficient (Wildman–Crippen LogP) is 2.67. The predicted molar refractivity (Wildman–Crippen MR) is 111 cm³/mol. The summed E-state index contributed by atoms with van der Waals surface area (Å²) in [6, 6.07) is 12.2. The molecule has 1 aromatic carbocycles. The molecule has 1 aromatic heterocycles. The Morgan fingerprint density at radius 1 is 1.20 bits per heavy atom. The average Bonchev–Trinajstić information content (AvgIpc) is 3.31. The van der Waals surface area contributed by atoms with Gasteiger partial charge >= 0.3 is 0 Å². The van der Waals surface area contributed by atoms with E-state index in [1.54, 1.807) is 35.4 Å². The van der Waals surface area contributed by atoms with Crippen molar-refractivity contribution in [3.8, 4) is 0 Å². The summed E-state index contributed by atoms with van der Waals surface area (Å²) in [7, 11) is 0. The molecule has 0 spiro atoms. The molecule has 1 saturated heterocycles. The Hall–Kier alpha value is -2.77. The molecule has 158 valence electrons. The second kappa shape index (κ2) is 9.36. The summed E-state index contributed by atoms with van der Waals surface area (Å²) in [5.74, 6) is -0.00849. The molecule has 2 amide bonds. The van der Waals surface area contributed by atoms with E-state index in [2.05, 4.69) is 10.3 Å². The molecule has 2 aliphatic rings. The molecule has 7 nitrogen and oxygen atoms in total. The van der Waals surface area contributed by atoms with Gasteiger partial charge in [0.1, 0.15) is 12.7 Å². The first-order chi connectivity index (χ1) is 14.6. The van der Waals surface area contributed by atoms with Gasteiger partial charge in [-0.3, -0.25) is 14.6 Å². The fourth-order valence-corrected chi connectivity index (χ4v) is 4.18. The van der Waals surface area contributed by atoms with E-state index >= 15 is 0 Å². The van der Waals surface area contributed by atoms with Crippen LogP contribution in [0.25, 0.3) is 0 Å². The van der Waals surface area contributed by atoms with Gasteiger partial charge in [0.2, 0.25) is 11.8 Å². The van der Waals surface area contributed by atoms with Crippen molar-refractivity contribution < 1.29 is 19.4 Å². The molecule has 2 aromatic rings. The van der Waals surface area contributed by atoms with Crippen LogP contribution < -0.4 is 5.32 Å². The van der Waals surface area contributed by atoms with Gasteiger partial charge < -0.3 is 20.1 Å². The average molecular weight is 409 g/mol. The van der Waals surface area contributed by atoms with Crippen LogP contribution >= 0.6 is 0 Å². The second-order valence-corrected chi connectivity index (χ2v) is 7.96. The van der Waals surface area contributed by atoms with Crippen molar-refractivity contribution >= 4 is 17.5 Å². The Labute approximate surface area is 176 Å². The Kier molecular flexibility index (Phi) is 6.40. The Bertz CT molecular complexity index is 866. The van der Waals surface area contributed by atoms with Gasteiger partial charge in [0.25, 0.3) is 0 Å². The number of nitrogens with zero attached hydrogens (tertiary/aromatic N) is 2. The van der Waals surface area contributed by atoms with Gasteiger partial charge in [-0.25, -0.2) is 0 Å². The number of amides is 2. The van der Waals surface area contributed by atoms with E-state index in [0.29, 0.717) is 17.8 Å². The first-order valence-electron chi connectivity index (χ1n) is 10.5. The highest BCUT2D eigenvalue weighted by Crippen LogP contribution is 2.28. The summed E-state index contributed by atoms with van der Waals surface area (Å²) in [6.45, 7) is 0.572. The zero-order chi connectivity index (χ0) is 20.9. The number of morpholine rings is 1. The van der Waals surface area contributed by atoms with Gasteiger partial charge in [-0.1, -0.05) is 31.0 Å². The number of carbonyl (C=O) groups excluding carboxylic acids is 2. The van der Waals surface area contributed by atoms with Gasteiger partial charge in [-0.15, -0.1) is 0 Å². The van der Waals surface area contributed by atoms with Crippen LogP contribution in [0, 0.1) is 5.92 Å². The maximum atomic E-state index is 12.5. The molecule has 1 aliphatic carbocycles. The molecule has 0 bridgehead atoms. The summed E-state index contributed by atoms with van der Waals surface area (Å²) in [5, 5.41) is 13.9. The number of aliphatic hydroxyl groups excluding tert-OH is 1. The minimum atomic E-state index is -0.905. The number of benzene rings is 1. The quantitative estimate of drug-likeness (QED) is 0.765. The normalized spacial score (nSPS) is 20.9. The molecule has 2 heterocycles. The minimum absolute atomic E-state index is 0.00217. The molecule has 30 heavy (non-hydrogen) atoms. The number of pyridine rings is 1. The fraction of sp³-hybridized carbons (Fsp3) is 0.435. The SMILES string of the molecule is O=C(Nc1ccc([C@@H](O)[C@H]2COCC(=O)N2Cc2ccccn2)cc1)C1CCCC1. The molecule has 1 aliphatic heterocycles. The first kappa shape index (κ1) is 20.5. The van der Waals surface area contributed by atoms with Crippen LogP contribution in [-0.2, 0) is 20.9 Å². The van der Waals surface area contributed by atoms with Crippen LogP contribution in [0.15, 0.2) is 48.7 Å². The molecule has 7 heteroatoms. The molecule has 1 saturated carbocycles. The molecule has 2 N–H and O–H groups in total. The number of rotatable bonds is 6. The molecule has 0 unspecified atom stereocenters. The maximum Gasteiger partial charge on any atom is 0.249 e. The first-order valence-corrected chi connectivity index (χ1v) is 10.5. The molecular formula is C23H27N3O4. The lowest BCUT2D eigenvalue weighted by atomic mass is 9.99. The van der Waals surface area contributed by atoms with Crippen molar-refractivity contribution in [1.82, 2.24) is 9.88 Å². The van der Waals surface area contributed by atoms with Crippen molar-refractivity contribution in [1.29, 1.82) is 0 Å². The smallest absolute Gasteiger partial charge is 0.249 e. The number of aromatic nitrogens is 1. The Morgan fingerprint density at radius 3 is 2.67 bits per heavy atom. The number of ether oxygens (including phenoxy) is 1. The Morgan fingerprint density at radius 2 is 1.97 bits per heavy atom. The summed E-state index contributed by atoms with van der Waals surface area (Å²) < 4.78 is 5.41. The van der Waals surface area contributed by atoms with Crippen LogP contribution in [0.3, 0.4) is 0 Å². The van der Waals surface area contributed by atoms with Crippen molar-refractivity contribution in [2.45, 2.75) is 44.4 Å². The van der Waals surface area contributed by atoms with Crippen LogP contribution in [-0.4, -0.2) is 46.1 Å². The van der Waals surface area contributed by atoms with Crippen molar-refractivity contribution in [3.05, 3.63) is 59.9 Å². The second-order valence-electron chi connectivity index (χ2n) is 7.96. The lowest BCUT2D eigenvalue weighted by Gasteiger charge is -2.38. The number of carbonyl (C=O) groups is 2. The van der Waals surface area contributed by atoms with Gasteiger partial charge in [0, 0.05) is 17.8 Å². The van der Waals surface area contributed by atoms with E-state index in [9.17, 15) is 14.7 Å². The third kappa shape index (κ3) is 4.68. The number of aliphatic hydroxyl groups is 1. The van der Waals surface area contributed by atoms with Gasteiger partial charge in [0.05, 0.1) is 24.9 Å². The van der Waals surface area contributed by atoms with Crippen LogP contribution in [0.4, 0.5) is 5.69 Å². The minimum Gasteiger partial charge on any atom is -0.386 e. The van der Waals surface area contributed by atoms with Gasteiger partial charge in [-0.2, -0.15) is 0 Å². The Balaban J connectivity index is 1.44. The third-order valence-electron chi connectivity index (χ3n) is 5.90. The van der Waals surface area contributed by atoms with Crippen molar-refractivity contribution in [2.24, 2.45) is 5.92 Å². The highest BCUT2D eigenvalue weighted by Gasteiger charge is 2.35. The topological polar surface area (TPSA) is 91.8 Å². The van der Waals surface area contributed by atoms with Crippen LogP contribution in [0.1, 0.15) is 43.0 Å². The monoisotopic (exact) mass is 409 g/mol. The van der Waals surface area contributed by atoms with Crippen molar-refractivity contribution in [3.63, 3.8) is 0 Å². The zero-order valence-corrected chi connectivity index (χ0v) is 16.9. The molecule has 4 rings (SSSR count). The molecule has 2 fully saturated rings. The van der Waals surface area contributed by atoms with E-state index in [1.807, 2.05) is 18.2 Å². The third-order valence-corrected chi connectivity index (χ3v) is 5.90. The maximum absolute atomic E-state index is 12.5. The van der Waals surface area contributed by atoms with Crippen molar-refractivity contribution in [2.75, 3.05) is 18.5 Å². The highest BCUT2D eigenvalue weighted by molar-refractivity contribution is 5.92. The number of hydrogen-bond donors (Lipinski definition) is 2. The lowest BCUT2D eigenvalue weighted by Crippen LogP contribution is -2.51. The van der Waals surface area contributed by atoms with E-state index in [1.165, 1.54) is 0 Å². The van der Waals surface area contributed by atoms with E-state index < -0.39 is 12.1 Å². The van der Waals surface area contributed by atoms with E-state index in [4.69, 9.17) is 4.74 Å². The molecular weight excluding hydrogens is 382 g/mol. The largest absolute Gasteiger partial charge is 0.386 e. The summed E-state index contributed by atoms with van der Waals surface area (Å²) in [6.07, 6.45) is 4.90. The van der Waals surface area contributed by atoms with Crippen LogP contribution in [0.5, 0.6) is 0 Å². The molecule has 0 radical (unpaired) electrons. The van der Waals surface area contributed by atoms with Crippen LogP contribution in [0.2, 0.25) is 0 Å². The summed E-state index contributed by atoms with van der Waals surface area (Å²) in [5.41, 5.74) is 2.14. The van der Waals surface area contributed by atoms with E-state index in [-0.39, 0.29) is 30.9 Å². The van der Waals surface area contributed by atoms with E-state index in [0.717, 1.165) is 31.4 Å². The zero-order valence-electron chi connectivity index (χ0n) is 16.9. The summed E-state index contributed by atoms with van der Waals surface area (Å²) in [4.78, 5) is 30.7. The summed E-state index contributed by atoms with van der Waals surface area (Å²) >= 11 is 0. The van der Waals surface area contributed by atoms with Gasteiger partial charge in [0.15, 0.2) is 0 Å². The number of hydrogen-bond acceptors (Lipinski definition) is 5. The number of anilines is 1. The highest BCUT2D eigenvalue weighted by atomic mass is 16.5. The standard InChI is InChI=1S/C23H27N3O4/c27-21-15-30-14-20(26(21)13-19-7-3-4-12-24-19)22(28)16-8-10-18(11-9-16)25-23(29)17-5-1-2-6-17/h3-4,7-12,17,20,22,28H,1-2,5-6,13-15H2,(H,25,29)/t20-,22-/m1/s1.